The van der Waals surface area contributed by atoms with Crippen LogP contribution in [0.25, 0.3) is 54.6 Å². The number of para-hydroxylation sites is 1. The van der Waals surface area contributed by atoms with Gasteiger partial charge in [0.25, 0.3) is 0 Å². The Morgan fingerprint density at radius 1 is 0.538 bits per heavy atom. The van der Waals surface area contributed by atoms with Gasteiger partial charge in [-0.3, -0.25) is 0 Å². The summed E-state index contributed by atoms with van der Waals surface area (Å²) >= 11 is 0. The number of hydrogen-bond donors (Lipinski definition) is 1. The predicted molar refractivity (Wildman–Crippen MR) is 214 cm³/mol. The molecule has 2 aliphatic rings. The topological polar surface area (TPSA) is 37.6 Å². The number of benzene rings is 8. The molecule has 1 aromatic heterocycles. The van der Waals surface area contributed by atoms with E-state index in [1.165, 1.54) is 22.3 Å². The lowest BCUT2D eigenvalue weighted by Crippen LogP contribution is -2.16. The number of furan rings is 1. The van der Waals surface area contributed by atoms with Crippen LogP contribution in [0.3, 0.4) is 0 Å². The van der Waals surface area contributed by atoms with Crippen molar-refractivity contribution in [3.63, 3.8) is 0 Å². The average molecular weight is 671 g/mol. The molecule has 2 heterocycles. The van der Waals surface area contributed by atoms with Crippen molar-refractivity contribution in [1.82, 2.24) is 0 Å². The normalized spacial score (nSPS) is 15.4. The van der Waals surface area contributed by atoms with Gasteiger partial charge in [0.15, 0.2) is 12.0 Å². The summed E-state index contributed by atoms with van der Waals surface area (Å²) in [5.74, 6) is 0.893. The van der Waals surface area contributed by atoms with Gasteiger partial charge >= 0.3 is 0 Å². The van der Waals surface area contributed by atoms with Crippen LogP contribution in [0.4, 0.5) is 22.7 Å². The SMILES string of the molecule is CC1(C)c2ccccc2-c2ccc(N(c3ccc4oc5ccccc5c4c3)c3ccc4ccc5ccc6c(c5c4c3)OC(c3ccccc3)N6)cc21. The summed E-state index contributed by atoms with van der Waals surface area (Å²) < 4.78 is 13.0. The Bertz CT molecular complexity index is 2900. The van der Waals surface area contributed by atoms with Crippen LogP contribution < -0.4 is 15.0 Å². The van der Waals surface area contributed by atoms with Gasteiger partial charge in [0, 0.05) is 44.2 Å². The maximum atomic E-state index is 6.73. The molecular weight excluding hydrogens is 637 g/mol. The second-order valence-corrected chi connectivity index (χ2v) is 14.6. The van der Waals surface area contributed by atoms with Gasteiger partial charge in [0.2, 0.25) is 0 Å². The van der Waals surface area contributed by atoms with E-state index in [9.17, 15) is 0 Å². The lowest BCUT2D eigenvalue weighted by Gasteiger charge is -2.28. The number of anilines is 4. The average Bonchev–Trinajstić information content (AvgIpc) is 3.86. The van der Waals surface area contributed by atoms with E-state index >= 15 is 0 Å². The molecule has 0 saturated carbocycles. The van der Waals surface area contributed by atoms with Crippen LogP contribution in [0, 0.1) is 0 Å². The number of ether oxygens (including phenoxy) is 1. The Hall–Kier alpha value is -6.52. The van der Waals surface area contributed by atoms with Gasteiger partial charge < -0.3 is 19.4 Å². The molecule has 1 unspecified atom stereocenters. The summed E-state index contributed by atoms with van der Waals surface area (Å²) in [6.07, 6.45) is -0.243. The van der Waals surface area contributed by atoms with Crippen molar-refractivity contribution in [3.8, 4) is 16.9 Å². The zero-order chi connectivity index (χ0) is 34.6. The molecule has 52 heavy (non-hydrogen) atoms. The smallest absolute Gasteiger partial charge is 0.196 e. The minimum Gasteiger partial charge on any atom is -0.464 e. The molecule has 1 atom stereocenters. The molecule has 8 aromatic carbocycles. The van der Waals surface area contributed by atoms with Gasteiger partial charge in [0.1, 0.15) is 11.2 Å². The van der Waals surface area contributed by atoms with Crippen LogP contribution in [0.2, 0.25) is 0 Å². The Labute approximate surface area is 301 Å². The quantitative estimate of drug-likeness (QED) is 0.189. The zero-order valence-electron chi connectivity index (χ0n) is 28.9. The highest BCUT2D eigenvalue weighted by Gasteiger charge is 2.36. The largest absolute Gasteiger partial charge is 0.464 e. The van der Waals surface area contributed by atoms with Crippen LogP contribution in [-0.2, 0) is 5.41 Å². The van der Waals surface area contributed by atoms with E-state index in [1.54, 1.807) is 0 Å². The molecule has 0 radical (unpaired) electrons. The second kappa shape index (κ2) is 10.7. The van der Waals surface area contributed by atoms with Crippen molar-refractivity contribution in [2.24, 2.45) is 0 Å². The molecule has 9 aromatic rings. The van der Waals surface area contributed by atoms with Crippen LogP contribution >= 0.6 is 0 Å². The maximum Gasteiger partial charge on any atom is 0.196 e. The fourth-order valence-corrected chi connectivity index (χ4v) is 8.67. The Morgan fingerprint density at radius 3 is 2.10 bits per heavy atom. The molecule has 4 nitrogen and oxygen atoms in total. The molecule has 4 heteroatoms. The number of hydrogen-bond acceptors (Lipinski definition) is 4. The molecule has 1 N–H and O–H groups in total. The van der Waals surface area contributed by atoms with E-state index < -0.39 is 0 Å². The maximum absolute atomic E-state index is 6.73. The fraction of sp³-hybridized carbons (Fsp3) is 0.0833. The van der Waals surface area contributed by atoms with Gasteiger partial charge in [-0.15, -0.1) is 0 Å². The summed E-state index contributed by atoms with van der Waals surface area (Å²) in [7, 11) is 0. The number of fused-ring (bicyclic) bond motifs is 11. The van der Waals surface area contributed by atoms with Gasteiger partial charge in [0.05, 0.1) is 5.69 Å². The Morgan fingerprint density at radius 2 is 1.19 bits per heavy atom. The third-order valence-corrected chi connectivity index (χ3v) is 11.3. The minimum atomic E-state index is -0.243. The van der Waals surface area contributed by atoms with Gasteiger partial charge in [-0.25, -0.2) is 0 Å². The molecule has 1 aliphatic heterocycles. The van der Waals surface area contributed by atoms with Crippen LogP contribution in [0.5, 0.6) is 5.75 Å². The van der Waals surface area contributed by atoms with E-state index in [4.69, 9.17) is 9.15 Å². The van der Waals surface area contributed by atoms with E-state index in [0.717, 1.165) is 77.5 Å². The molecule has 1 aliphatic carbocycles. The first-order valence-corrected chi connectivity index (χ1v) is 17.9. The van der Waals surface area contributed by atoms with Gasteiger partial charge in [-0.2, -0.15) is 0 Å². The highest BCUT2D eigenvalue weighted by atomic mass is 16.5. The minimum absolute atomic E-state index is 0.127. The summed E-state index contributed by atoms with van der Waals surface area (Å²) in [5, 5.41) is 10.4. The monoisotopic (exact) mass is 670 g/mol. The molecule has 0 spiro atoms. The molecule has 0 amide bonds. The Balaban J connectivity index is 1.13. The molecular formula is C48H34N2O2. The third-order valence-electron chi connectivity index (χ3n) is 11.3. The summed E-state index contributed by atoms with van der Waals surface area (Å²) in [5.41, 5.74) is 12.3. The molecule has 0 saturated heterocycles. The first-order valence-electron chi connectivity index (χ1n) is 17.9. The molecule has 11 rings (SSSR count). The van der Waals surface area contributed by atoms with Crippen LogP contribution in [-0.4, -0.2) is 0 Å². The van der Waals surface area contributed by atoms with Crippen LogP contribution in [0.1, 0.15) is 36.8 Å². The number of nitrogens with one attached hydrogen (secondary N) is 1. The highest BCUT2D eigenvalue weighted by molar-refractivity contribution is 6.14. The second-order valence-electron chi connectivity index (χ2n) is 14.6. The highest BCUT2D eigenvalue weighted by Crippen LogP contribution is 2.52. The Kier molecular flexibility index (Phi) is 6.04. The first-order chi connectivity index (χ1) is 25.5. The van der Waals surface area contributed by atoms with Crippen molar-refractivity contribution in [2.75, 3.05) is 10.2 Å². The van der Waals surface area contributed by atoms with Crippen molar-refractivity contribution in [1.29, 1.82) is 0 Å². The summed E-state index contributed by atoms with van der Waals surface area (Å²) in [4.78, 5) is 2.40. The summed E-state index contributed by atoms with van der Waals surface area (Å²) in [6, 6.07) is 56.6. The van der Waals surface area contributed by atoms with E-state index in [1.807, 2.05) is 18.2 Å². The van der Waals surface area contributed by atoms with Gasteiger partial charge in [-0.1, -0.05) is 117 Å². The van der Waals surface area contributed by atoms with Gasteiger partial charge in [-0.05, 0) is 93.0 Å². The number of nitrogens with zero attached hydrogens (tertiary/aromatic N) is 1. The lowest BCUT2D eigenvalue weighted by molar-refractivity contribution is 0.263. The van der Waals surface area contributed by atoms with Crippen LogP contribution in [0.15, 0.2) is 162 Å². The molecule has 0 bridgehead atoms. The molecule has 248 valence electrons. The van der Waals surface area contributed by atoms with Crippen molar-refractivity contribution < 1.29 is 9.15 Å². The van der Waals surface area contributed by atoms with E-state index in [2.05, 4.69) is 164 Å². The fourth-order valence-electron chi connectivity index (χ4n) is 8.67. The first kappa shape index (κ1) is 29.2. The van der Waals surface area contributed by atoms with E-state index in [-0.39, 0.29) is 11.6 Å². The third kappa shape index (κ3) is 4.21. The van der Waals surface area contributed by atoms with E-state index in [0.29, 0.717) is 0 Å². The predicted octanol–water partition coefficient (Wildman–Crippen LogP) is 13.2. The zero-order valence-corrected chi connectivity index (χ0v) is 28.9. The number of rotatable bonds is 4. The van der Waals surface area contributed by atoms with Crippen molar-refractivity contribution in [2.45, 2.75) is 25.5 Å². The van der Waals surface area contributed by atoms with Crippen molar-refractivity contribution in [3.05, 3.63) is 174 Å². The molecule has 0 fully saturated rings. The standard InChI is InChI=1S/C48H34N2O2/c1-48(2)40-14-8-6-12-35(40)36-23-21-34(28-41(36)48)50(33-22-25-44-39(27-33)37-13-7-9-15-43(37)51-44)32-20-18-29-16-17-30-19-24-42-46(45(30)38(29)26-32)52-47(49-42)31-10-4-3-5-11-31/h3-28,47,49H,1-2H3. The summed E-state index contributed by atoms with van der Waals surface area (Å²) in [6.45, 7) is 4.68. The van der Waals surface area contributed by atoms with Crippen molar-refractivity contribution >= 4 is 66.2 Å². The lowest BCUT2D eigenvalue weighted by atomic mass is 9.82.